The molecule has 3 aliphatic heterocycles. The van der Waals surface area contributed by atoms with Crippen LogP contribution in [0.25, 0.3) is 11.8 Å². The van der Waals surface area contributed by atoms with Crippen LogP contribution in [-0.2, 0) is 4.79 Å². The number of para-hydroxylation sites is 2. The summed E-state index contributed by atoms with van der Waals surface area (Å²) in [6, 6.07) is 25.9. The Kier molecular flexibility index (Phi) is 4.02. The van der Waals surface area contributed by atoms with E-state index in [0.717, 1.165) is 38.0 Å². The Morgan fingerprint density at radius 2 is 1.58 bits per heavy atom. The van der Waals surface area contributed by atoms with E-state index in [2.05, 4.69) is 6.07 Å². The molecule has 1 amide bonds. The van der Waals surface area contributed by atoms with Gasteiger partial charge in [0, 0.05) is 28.0 Å². The lowest BCUT2D eigenvalue weighted by molar-refractivity contribution is -0.121. The molecule has 0 saturated carbocycles. The molecule has 0 aromatic heterocycles. The highest BCUT2D eigenvalue weighted by Crippen LogP contribution is 2.49. The van der Waals surface area contributed by atoms with Crippen LogP contribution in [-0.4, -0.2) is 16.8 Å². The second-order valence-corrected chi connectivity index (χ2v) is 8.76. The summed E-state index contributed by atoms with van der Waals surface area (Å²) in [5, 5.41) is 9.87. The molecule has 0 bridgehead atoms. The Morgan fingerprint density at radius 3 is 2.29 bits per heavy atom. The zero-order valence-corrected chi connectivity index (χ0v) is 17.3. The van der Waals surface area contributed by atoms with Crippen LogP contribution in [0.2, 0.25) is 0 Å². The van der Waals surface area contributed by atoms with Crippen molar-refractivity contribution in [1.29, 1.82) is 5.26 Å². The lowest BCUT2D eigenvalue weighted by Gasteiger charge is -2.36. The number of fused-ring (bicyclic) bond motifs is 5. The maximum Gasteiger partial charge on any atom is 0.255 e. The van der Waals surface area contributed by atoms with Gasteiger partial charge >= 0.3 is 0 Å². The number of anilines is 2. The Morgan fingerprint density at radius 1 is 0.935 bits per heavy atom. The van der Waals surface area contributed by atoms with E-state index in [-0.39, 0.29) is 5.91 Å². The van der Waals surface area contributed by atoms with Crippen molar-refractivity contribution >= 4 is 40.8 Å². The molecule has 0 saturated heterocycles. The van der Waals surface area contributed by atoms with Gasteiger partial charge < -0.3 is 4.90 Å². The summed E-state index contributed by atoms with van der Waals surface area (Å²) in [5.41, 5.74) is 5.37. The average Bonchev–Trinajstić information content (AvgIpc) is 3.21. The Hall–Kier alpha value is -3.75. The maximum atomic E-state index is 14.1. The van der Waals surface area contributed by atoms with Gasteiger partial charge in [-0.25, -0.2) is 0 Å². The van der Waals surface area contributed by atoms with Crippen LogP contribution in [0.5, 0.6) is 0 Å². The zero-order chi connectivity index (χ0) is 20.9. The van der Waals surface area contributed by atoms with Crippen LogP contribution in [0.1, 0.15) is 17.5 Å². The molecule has 1 atom stereocenters. The van der Waals surface area contributed by atoms with Gasteiger partial charge in [0.15, 0.2) is 0 Å². The second kappa shape index (κ2) is 6.90. The Labute approximate surface area is 184 Å². The predicted octanol–water partition coefficient (Wildman–Crippen LogP) is 5.81. The standard InChI is InChI=1S/C26H17N3OS/c27-16-18-15-22(28-14-13-17-7-1-2-8-19(17)25(18)28)26(30)29-20-9-3-5-11-23(20)31-24-12-6-4-10-21(24)29/h1-14,22H,15H2. The third-order valence-electron chi connectivity index (χ3n) is 5.98. The highest BCUT2D eigenvalue weighted by Gasteiger charge is 2.42. The van der Waals surface area contributed by atoms with Crippen molar-refractivity contribution < 1.29 is 4.79 Å². The molecule has 3 aromatic rings. The van der Waals surface area contributed by atoms with E-state index in [1.165, 1.54) is 0 Å². The number of hydrogen-bond donors (Lipinski definition) is 0. The van der Waals surface area contributed by atoms with Crippen molar-refractivity contribution in [3.8, 4) is 6.07 Å². The number of hydrogen-bond acceptors (Lipinski definition) is 4. The van der Waals surface area contributed by atoms with Crippen molar-refractivity contribution in [1.82, 2.24) is 4.90 Å². The summed E-state index contributed by atoms with van der Waals surface area (Å²) in [5.74, 6) is -0.0213. The maximum absolute atomic E-state index is 14.1. The van der Waals surface area contributed by atoms with Gasteiger partial charge in [0.05, 0.1) is 28.7 Å². The topological polar surface area (TPSA) is 47.3 Å². The van der Waals surface area contributed by atoms with Crippen LogP contribution in [0.4, 0.5) is 11.4 Å². The predicted molar refractivity (Wildman–Crippen MR) is 122 cm³/mol. The molecule has 3 aliphatic rings. The lowest BCUT2D eigenvalue weighted by Crippen LogP contribution is -2.43. The van der Waals surface area contributed by atoms with Crippen LogP contribution < -0.4 is 4.90 Å². The highest BCUT2D eigenvalue weighted by molar-refractivity contribution is 7.99. The van der Waals surface area contributed by atoms with E-state index in [1.54, 1.807) is 11.8 Å². The first-order valence-electron chi connectivity index (χ1n) is 10.2. The van der Waals surface area contributed by atoms with Gasteiger partial charge in [0.1, 0.15) is 6.04 Å². The summed E-state index contributed by atoms with van der Waals surface area (Å²) in [6.45, 7) is 0. The quantitative estimate of drug-likeness (QED) is 0.499. The smallest absolute Gasteiger partial charge is 0.255 e. The number of nitrogens with zero attached hydrogens (tertiary/aromatic N) is 3. The molecular formula is C26H17N3OS. The SMILES string of the molecule is N#CC1=C2c3ccccc3C=CN2C(C(=O)N2c3ccccc3Sc3ccccc32)C1. The Bertz CT molecular complexity index is 1310. The van der Waals surface area contributed by atoms with Crippen LogP contribution in [0, 0.1) is 11.3 Å². The van der Waals surface area contributed by atoms with Crippen molar-refractivity contribution in [2.24, 2.45) is 0 Å². The minimum Gasteiger partial charge on any atom is -0.334 e. The van der Waals surface area contributed by atoms with Gasteiger partial charge in [0.2, 0.25) is 0 Å². The molecular weight excluding hydrogens is 402 g/mol. The second-order valence-electron chi connectivity index (χ2n) is 7.68. The molecule has 0 aliphatic carbocycles. The summed E-state index contributed by atoms with van der Waals surface area (Å²) in [4.78, 5) is 20.0. The number of benzene rings is 3. The fourth-order valence-electron chi connectivity index (χ4n) is 4.59. The van der Waals surface area contributed by atoms with Crippen molar-refractivity contribution in [3.05, 3.63) is 95.7 Å². The molecule has 1 unspecified atom stereocenters. The van der Waals surface area contributed by atoms with Gasteiger partial charge in [-0.1, -0.05) is 60.3 Å². The third kappa shape index (κ3) is 2.66. The first-order valence-corrected chi connectivity index (χ1v) is 11.0. The van der Waals surface area contributed by atoms with Crippen LogP contribution in [0.3, 0.4) is 0 Å². The number of amides is 1. The fraction of sp³-hybridized carbons (Fsp3) is 0.0769. The molecule has 0 N–H and O–H groups in total. The van der Waals surface area contributed by atoms with E-state index in [0.29, 0.717) is 12.0 Å². The molecule has 31 heavy (non-hydrogen) atoms. The molecule has 4 nitrogen and oxygen atoms in total. The zero-order valence-electron chi connectivity index (χ0n) is 16.5. The highest BCUT2D eigenvalue weighted by atomic mass is 32.2. The number of nitriles is 1. The molecule has 0 fully saturated rings. The fourth-order valence-corrected chi connectivity index (χ4v) is 5.65. The first kappa shape index (κ1) is 18.1. The van der Waals surface area contributed by atoms with Gasteiger partial charge in [-0.2, -0.15) is 5.26 Å². The monoisotopic (exact) mass is 419 g/mol. The minimum atomic E-state index is -0.460. The third-order valence-corrected chi connectivity index (χ3v) is 7.11. The van der Waals surface area contributed by atoms with Crippen LogP contribution >= 0.6 is 11.8 Å². The molecule has 5 heteroatoms. The summed E-state index contributed by atoms with van der Waals surface area (Å²) in [7, 11) is 0. The first-order chi connectivity index (χ1) is 15.3. The molecule has 0 spiro atoms. The normalized spacial score (nSPS) is 18.1. The van der Waals surface area contributed by atoms with Crippen LogP contribution in [0.15, 0.2) is 94.4 Å². The number of carbonyl (C=O) groups is 1. The molecule has 0 radical (unpaired) electrons. The minimum absolute atomic E-state index is 0.0213. The van der Waals surface area contributed by atoms with Crippen molar-refractivity contribution in [2.45, 2.75) is 22.3 Å². The van der Waals surface area contributed by atoms with E-state index in [1.807, 2.05) is 94.9 Å². The van der Waals surface area contributed by atoms with Gasteiger partial charge in [-0.15, -0.1) is 0 Å². The molecule has 6 rings (SSSR count). The van der Waals surface area contributed by atoms with E-state index in [4.69, 9.17) is 0 Å². The largest absolute Gasteiger partial charge is 0.334 e. The Balaban J connectivity index is 1.46. The lowest BCUT2D eigenvalue weighted by atomic mass is 9.99. The molecule has 148 valence electrons. The summed E-state index contributed by atoms with van der Waals surface area (Å²) in [6.07, 6.45) is 4.37. The molecule has 3 heterocycles. The van der Waals surface area contributed by atoms with Crippen molar-refractivity contribution in [2.75, 3.05) is 4.90 Å². The number of carbonyl (C=O) groups excluding carboxylic acids is 1. The van der Waals surface area contributed by atoms with E-state index < -0.39 is 6.04 Å². The van der Waals surface area contributed by atoms with Crippen molar-refractivity contribution in [3.63, 3.8) is 0 Å². The van der Waals surface area contributed by atoms with Gasteiger partial charge in [-0.3, -0.25) is 9.69 Å². The molecule has 3 aromatic carbocycles. The van der Waals surface area contributed by atoms with Gasteiger partial charge in [0.25, 0.3) is 5.91 Å². The number of rotatable bonds is 1. The van der Waals surface area contributed by atoms with Gasteiger partial charge in [-0.05, 0) is 35.9 Å². The van der Waals surface area contributed by atoms with E-state index >= 15 is 0 Å². The summed E-state index contributed by atoms with van der Waals surface area (Å²) >= 11 is 1.68. The van der Waals surface area contributed by atoms with E-state index in [9.17, 15) is 10.1 Å². The summed E-state index contributed by atoms with van der Waals surface area (Å²) < 4.78 is 0. The average molecular weight is 420 g/mol.